The molecule has 3 aromatic heterocycles. The van der Waals surface area contributed by atoms with Gasteiger partial charge >= 0.3 is 0 Å². The van der Waals surface area contributed by atoms with Crippen molar-refractivity contribution in [1.82, 2.24) is 19.6 Å². The van der Waals surface area contributed by atoms with Crippen molar-refractivity contribution in [3.8, 4) is 0 Å². The third-order valence-electron chi connectivity index (χ3n) is 4.99. The van der Waals surface area contributed by atoms with Crippen molar-refractivity contribution in [1.29, 1.82) is 0 Å². The first-order chi connectivity index (χ1) is 14.2. The highest BCUT2D eigenvalue weighted by Gasteiger charge is 2.15. The van der Waals surface area contributed by atoms with Gasteiger partial charge in [0, 0.05) is 30.2 Å². The van der Waals surface area contributed by atoms with Crippen LogP contribution in [0.3, 0.4) is 0 Å². The van der Waals surface area contributed by atoms with Gasteiger partial charge in [-0.2, -0.15) is 5.10 Å². The lowest BCUT2D eigenvalue weighted by Gasteiger charge is -2.23. The minimum absolute atomic E-state index is 0.500. The molecule has 4 rings (SSSR count). The molecule has 0 aromatic carbocycles. The first-order valence-corrected chi connectivity index (χ1v) is 10.5. The molecule has 152 valence electrons. The number of nitrogens with one attached hydrogen (secondary N) is 1. The summed E-state index contributed by atoms with van der Waals surface area (Å²) in [5, 5.41) is 7.22. The lowest BCUT2D eigenvalue weighted by molar-refractivity contribution is 0.460. The molecule has 5 nitrogen and oxygen atoms in total. The van der Waals surface area contributed by atoms with Crippen LogP contribution in [-0.2, 0) is 0 Å². The lowest BCUT2D eigenvalue weighted by Crippen LogP contribution is -2.23. The third kappa shape index (κ3) is 6.22. The molecule has 1 N–H and O–H groups in total. The molecular formula is C23H29B2N5. The fraction of sp³-hybridized carbons (Fsp3) is 0.435. The molecule has 3 heterocycles. The zero-order valence-corrected chi connectivity index (χ0v) is 18.2. The topological polar surface area (TPSA) is 55.1 Å². The SMILES string of the molecule is C=C(c1ccn2nccc2c1)c1cnc(NC2CCCCC2)nc1C.[B]C([B])(C)C. The van der Waals surface area contributed by atoms with E-state index in [4.69, 9.17) is 15.7 Å². The Hall–Kier alpha value is -2.56. The smallest absolute Gasteiger partial charge is 0.223 e. The summed E-state index contributed by atoms with van der Waals surface area (Å²) in [5.74, 6) is 0.729. The van der Waals surface area contributed by atoms with Crippen LogP contribution in [0.4, 0.5) is 5.95 Å². The molecule has 0 bridgehead atoms. The van der Waals surface area contributed by atoms with Gasteiger partial charge in [-0.05, 0) is 49.1 Å². The van der Waals surface area contributed by atoms with Gasteiger partial charge in [0.15, 0.2) is 0 Å². The number of aryl methyl sites for hydroxylation is 1. The zero-order chi connectivity index (χ0) is 21.7. The Bertz CT molecular complexity index is 994. The van der Waals surface area contributed by atoms with Crippen molar-refractivity contribution in [2.24, 2.45) is 0 Å². The predicted octanol–water partition coefficient (Wildman–Crippen LogP) is 4.72. The molecule has 30 heavy (non-hydrogen) atoms. The highest BCUT2D eigenvalue weighted by molar-refractivity contribution is 6.39. The third-order valence-corrected chi connectivity index (χ3v) is 4.99. The van der Waals surface area contributed by atoms with E-state index in [1.807, 2.05) is 36.0 Å². The average molecular weight is 397 g/mol. The molecule has 0 amide bonds. The number of fused-ring (bicyclic) bond motifs is 1. The number of aromatic nitrogens is 4. The highest BCUT2D eigenvalue weighted by Crippen LogP contribution is 2.25. The quantitative estimate of drug-likeness (QED) is 0.648. The summed E-state index contributed by atoms with van der Waals surface area (Å²) in [6.07, 6.45) is 12.0. The zero-order valence-electron chi connectivity index (χ0n) is 18.2. The number of anilines is 1. The summed E-state index contributed by atoms with van der Waals surface area (Å²) in [7, 11) is 10.3. The fourth-order valence-electron chi connectivity index (χ4n) is 3.53. The molecule has 0 spiro atoms. The van der Waals surface area contributed by atoms with E-state index < -0.39 is 5.21 Å². The lowest BCUT2D eigenvalue weighted by atomic mass is 9.58. The van der Waals surface area contributed by atoms with Gasteiger partial charge < -0.3 is 5.32 Å². The number of hydrogen-bond donors (Lipinski definition) is 1. The van der Waals surface area contributed by atoms with E-state index in [2.05, 4.69) is 33.0 Å². The minimum atomic E-state index is -0.500. The number of pyridine rings is 1. The Balaban J connectivity index is 0.000000461. The van der Waals surface area contributed by atoms with Crippen molar-refractivity contribution in [3.63, 3.8) is 0 Å². The van der Waals surface area contributed by atoms with Crippen LogP contribution in [0.5, 0.6) is 0 Å². The molecule has 0 saturated heterocycles. The van der Waals surface area contributed by atoms with Gasteiger partial charge in [0.1, 0.15) is 0 Å². The van der Waals surface area contributed by atoms with Crippen molar-refractivity contribution in [2.45, 2.75) is 64.1 Å². The fourth-order valence-corrected chi connectivity index (χ4v) is 3.53. The van der Waals surface area contributed by atoms with Crippen LogP contribution in [0.2, 0.25) is 5.21 Å². The van der Waals surface area contributed by atoms with E-state index in [-0.39, 0.29) is 0 Å². The monoisotopic (exact) mass is 397 g/mol. The van der Waals surface area contributed by atoms with Crippen LogP contribution in [0.1, 0.15) is 62.8 Å². The molecule has 0 unspecified atom stereocenters. The van der Waals surface area contributed by atoms with Crippen LogP contribution in [0.15, 0.2) is 43.4 Å². The van der Waals surface area contributed by atoms with Gasteiger partial charge in [0.25, 0.3) is 0 Å². The van der Waals surface area contributed by atoms with Gasteiger partial charge in [0.05, 0.1) is 26.9 Å². The molecule has 0 aliphatic heterocycles. The predicted molar refractivity (Wildman–Crippen MR) is 126 cm³/mol. The van der Waals surface area contributed by atoms with Crippen LogP contribution >= 0.6 is 0 Å². The summed E-state index contributed by atoms with van der Waals surface area (Å²) < 4.78 is 1.84. The second-order valence-electron chi connectivity index (χ2n) is 8.59. The second-order valence-corrected chi connectivity index (χ2v) is 8.59. The number of nitrogens with zero attached hydrogens (tertiary/aromatic N) is 4. The van der Waals surface area contributed by atoms with Crippen molar-refractivity contribution in [2.75, 3.05) is 5.32 Å². The number of hydrogen-bond acceptors (Lipinski definition) is 4. The maximum atomic E-state index is 5.13. The Morgan fingerprint density at radius 2 is 1.90 bits per heavy atom. The van der Waals surface area contributed by atoms with E-state index in [1.165, 1.54) is 32.1 Å². The Kier molecular flexibility index (Phi) is 7.01. The van der Waals surface area contributed by atoms with E-state index in [9.17, 15) is 0 Å². The minimum Gasteiger partial charge on any atom is -0.351 e. The average Bonchev–Trinajstić information content (AvgIpc) is 3.15. The van der Waals surface area contributed by atoms with Gasteiger partial charge in [-0.1, -0.05) is 39.7 Å². The first-order valence-electron chi connectivity index (χ1n) is 10.5. The Morgan fingerprint density at radius 1 is 1.20 bits per heavy atom. The summed E-state index contributed by atoms with van der Waals surface area (Å²) in [6.45, 7) is 9.77. The molecular weight excluding hydrogens is 368 g/mol. The van der Waals surface area contributed by atoms with Gasteiger partial charge in [-0.3, -0.25) is 0 Å². The van der Waals surface area contributed by atoms with Gasteiger partial charge in [-0.25, -0.2) is 14.5 Å². The summed E-state index contributed by atoms with van der Waals surface area (Å²) in [5.41, 5.74) is 4.98. The largest absolute Gasteiger partial charge is 0.351 e. The molecule has 7 heteroatoms. The summed E-state index contributed by atoms with van der Waals surface area (Å²) in [4.78, 5) is 9.20. The molecule has 1 aliphatic carbocycles. The Labute approximate surface area is 182 Å². The van der Waals surface area contributed by atoms with Crippen molar-refractivity contribution in [3.05, 3.63) is 60.2 Å². The molecule has 1 aliphatic rings. The maximum absolute atomic E-state index is 5.13. The van der Waals surface area contributed by atoms with Crippen molar-refractivity contribution < 1.29 is 0 Å². The van der Waals surface area contributed by atoms with E-state index in [1.54, 1.807) is 20.0 Å². The molecule has 1 saturated carbocycles. The summed E-state index contributed by atoms with van der Waals surface area (Å²) >= 11 is 0. The maximum Gasteiger partial charge on any atom is 0.223 e. The molecule has 1 fully saturated rings. The molecule has 3 aromatic rings. The number of rotatable bonds is 4. The summed E-state index contributed by atoms with van der Waals surface area (Å²) in [6, 6.07) is 6.60. The van der Waals surface area contributed by atoms with Gasteiger partial charge in [-0.15, -0.1) is 5.21 Å². The Morgan fingerprint density at radius 3 is 2.57 bits per heavy atom. The van der Waals surface area contributed by atoms with Gasteiger partial charge in [0.2, 0.25) is 5.95 Å². The van der Waals surface area contributed by atoms with E-state index in [0.717, 1.165) is 33.9 Å². The normalized spacial score (nSPS) is 14.8. The van der Waals surface area contributed by atoms with E-state index in [0.29, 0.717) is 6.04 Å². The first kappa shape index (κ1) is 22.1. The van der Waals surface area contributed by atoms with Crippen LogP contribution in [-0.4, -0.2) is 41.3 Å². The standard InChI is InChI=1S/C20H23N5.C3H6B2/c1-14(16-9-11-25-18(12-16)8-10-22-25)19-13-21-20(23-15(19)2)24-17-6-4-3-5-7-17;1-3(2,4)5/h8-13,17H,1,3-7H2,2H3,(H,21,23,24);1-2H3. The molecule has 0 atom stereocenters. The second kappa shape index (κ2) is 9.50. The van der Waals surface area contributed by atoms with Crippen molar-refractivity contribution >= 4 is 32.7 Å². The van der Waals surface area contributed by atoms with Crippen LogP contribution < -0.4 is 5.32 Å². The highest BCUT2D eigenvalue weighted by atomic mass is 15.2. The van der Waals surface area contributed by atoms with Crippen LogP contribution in [0, 0.1) is 6.92 Å². The molecule has 4 radical (unpaired) electrons. The van der Waals surface area contributed by atoms with Crippen LogP contribution in [0.25, 0.3) is 11.1 Å². The van der Waals surface area contributed by atoms with E-state index >= 15 is 0 Å².